The minimum Gasteiger partial charge on any atom is -0.490 e. The molecule has 112 valence electrons. The lowest BCUT2D eigenvalue weighted by Crippen LogP contribution is -2.39. The van der Waals surface area contributed by atoms with E-state index in [9.17, 15) is 9.59 Å². The molecule has 0 spiro atoms. The number of nitrogens with two attached hydrogens (primary N) is 1. The van der Waals surface area contributed by atoms with Crippen molar-refractivity contribution in [3.05, 3.63) is 18.2 Å². The summed E-state index contributed by atoms with van der Waals surface area (Å²) >= 11 is 4.61. The lowest BCUT2D eigenvalue weighted by Gasteiger charge is -2.10. The molecule has 0 bridgehead atoms. The molecule has 1 heterocycles. The Balaban J connectivity index is 1.99. The van der Waals surface area contributed by atoms with Crippen LogP contribution >= 0.6 is 12.2 Å². The molecule has 21 heavy (non-hydrogen) atoms. The van der Waals surface area contributed by atoms with E-state index < -0.39 is 11.8 Å². The van der Waals surface area contributed by atoms with Crippen LogP contribution in [0.15, 0.2) is 18.2 Å². The third kappa shape index (κ3) is 4.32. The number of anilines is 1. The summed E-state index contributed by atoms with van der Waals surface area (Å²) in [6.45, 7) is 1.10. The van der Waals surface area contributed by atoms with E-state index in [1.165, 1.54) is 0 Å². The van der Waals surface area contributed by atoms with Gasteiger partial charge in [-0.05, 0) is 12.1 Å². The van der Waals surface area contributed by atoms with Gasteiger partial charge >= 0.3 is 11.8 Å². The van der Waals surface area contributed by atoms with Crippen molar-refractivity contribution in [1.82, 2.24) is 5.32 Å². The van der Waals surface area contributed by atoms with Gasteiger partial charge < -0.3 is 25.8 Å². The van der Waals surface area contributed by atoms with Crippen LogP contribution in [0.4, 0.5) is 5.69 Å². The molecule has 0 radical (unpaired) electrons. The fourth-order valence-corrected chi connectivity index (χ4v) is 1.75. The van der Waals surface area contributed by atoms with Gasteiger partial charge in [0.15, 0.2) is 11.5 Å². The van der Waals surface area contributed by atoms with Gasteiger partial charge in [-0.1, -0.05) is 12.2 Å². The monoisotopic (exact) mass is 309 g/mol. The summed E-state index contributed by atoms with van der Waals surface area (Å²) in [5, 5.41) is 4.77. The topological polar surface area (TPSA) is 103 Å². The van der Waals surface area contributed by atoms with Gasteiger partial charge in [-0.15, -0.1) is 0 Å². The first-order valence-electron chi connectivity index (χ1n) is 6.33. The van der Waals surface area contributed by atoms with Crippen LogP contribution in [0.1, 0.15) is 6.42 Å². The first-order chi connectivity index (χ1) is 10.1. The van der Waals surface area contributed by atoms with Crippen LogP contribution in [0.5, 0.6) is 11.5 Å². The number of nitrogens with one attached hydrogen (secondary N) is 2. The van der Waals surface area contributed by atoms with Crippen molar-refractivity contribution >= 4 is 34.7 Å². The zero-order valence-corrected chi connectivity index (χ0v) is 12.0. The molecule has 0 aromatic heterocycles. The van der Waals surface area contributed by atoms with Gasteiger partial charge in [0.25, 0.3) is 0 Å². The van der Waals surface area contributed by atoms with E-state index in [-0.39, 0.29) is 11.5 Å². The normalized spacial score (nSPS) is 13.0. The second-order valence-electron chi connectivity index (χ2n) is 4.32. The number of hydrogen-bond donors (Lipinski definition) is 3. The first-order valence-corrected chi connectivity index (χ1v) is 6.74. The standard InChI is InChI=1S/C13H15N3O4S/c14-11(21)7-15-12(17)13(18)16-8-2-3-9-10(6-8)20-5-1-4-19-9/h2-3,6H,1,4-5,7H2,(H2,14,21)(H,15,17)(H,16,18). The minimum absolute atomic E-state index is 0.0251. The minimum atomic E-state index is -0.810. The average Bonchev–Trinajstić information content (AvgIpc) is 2.69. The maximum Gasteiger partial charge on any atom is 0.313 e. The van der Waals surface area contributed by atoms with Gasteiger partial charge in [-0.3, -0.25) is 9.59 Å². The maximum absolute atomic E-state index is 11.7. The molecule has 1 aliphatic heterocycles. The van der Waals surface area contributed by atoms with E-state index in [1.54, 1.807) is 18.2 Å². The summed E-state index contributed by atoms with van der Waals surface area (Å²) in [6, 6.07) is 4.93. The molecule has 8 heteroatoms. The van der Waals surface area contributed by atoms with Crippen molar-refractivity contribution in [2.75, 3.05) is 25.1 Å². The summed E-state index contributed by atoms with van der Waals surface area (Å²) in [6.07, 6.45) is 0.789. The highest BCUT2D eigenvalue weighted by molar-refractivity contribution is 7.80. The van der Waals surface area contributed by atoms with E-state index in [4.69, 9.17) is 15.2 Å². The highest BCUT2D eigenvalue weighted by Crippen LogP contribution is 2.32. The molecule has 1 aliphatic rings. The maximum atomic E-state index is 11.7. The highest BCUT2D eigenvalue weighted by atomic mass is 32.1. The summed E-state index contributed by atoms with van der Waals surface area (Å²) in [5.74, 6) is -0.465. The number of rotatable bonds is 3. The van der Waals surface area contributed by atoms with E-state index in [2.05, 4.69) is 22.9 Å². The summed E-state index contributed by atoms with van der Waals surface area (Å²) in [5.41, 5.74) is 5.68. The second-order valence-corrected chi connectivity index (χ2v) is 4.84. The Hall–Kier alpha value is -2.35. The molecule has 0 saturated carbocycles. The third-order valence-electron chi connectivity index (χ3n) is 2.63. The molecule has 1 aromatic rings. The van der Waals surface area contributed by atoms with Gasteiger partial charge in [0.05, 0.1) is 24.7 Å². The molecule has 4 N–H and O–H groups in total. The van der Waals surface area contributed by atoms with Crippen LogP contribution in [0, 0.1) is 0 Å². The largest absolute Gasteiger partial charge is 0.490 e. The molecule has 0 unspecified atom stereocenters. The van der Waals surface area contributed by atoms with E-state index in [0.717, 1.165) is 6.42 Å². The Bertz CT molecular complexity index is 577. The Morgan fingerprint density at radius 1 is 1.19 bits per heavy atom. The number of carbonyl (C=O) groups excluding carboxylic acids is 2. The van der Waals surface area contributed by atoms with E-state index in [1.807, 2.05) is 0 Å². The summed E-state index contributed by atoms with van der Waals surface area (Å²) < 4.78 is 11.0. The molecule has 0 fully saturated rings. The Morgan fingerprint density at radius 3 is 2.62 bits per heavy atom. The van der Waals surface area contributed by atoms with E-state index in [0.29, 0.717) is 30.4 Å². The van der Waals surface area contributed by atoms with Crippen LogP contribution in [0.2, 0.25) is 0 Å². The number of ether oxygens (including phenoxy) is 2. The van der Waals surface area contributed by atoms with Gasteiger partial charge in [0.1, 0.15) is 0 Å². The molecule has 2 amide bonds. The molecule has 0 atom stereocenters. The van der Waals surface area contributed by atoms with Gasteiger partial charge in [-0.25, -0.2) is 0 Å². The number of hydrogen-bond acceptors (Lipinski definition) is 5. The number of benzene rings is 1. The SMILES string of the molecule is NC(=S)CNC(=O)C(=O)Nc1ccc2c(c1)OCCCO2. The van der Waals surface area contributed by atoms with Crippen LogP contribution < -0.4 is 25.8 Å². The highest BCUT2D eigenvalue weighted by Gasteiger charge is 2.16. The quantitative estimate of drug-likeness (QED) is 0.544. The molecule has 7 nitrogen and oxygen atoms in total. The van der Waals surface area contributed by atoms with Gasteiger partial charge in [0, 0.05) is 18.2 Å². The number of carbonyl (C=O) groups is 2. The molecular formula is C13H15N3O4S. The molecule has 2 rings (SSSR count). The number of fused-ring (bicyclic) bond motifs is 1. The molecule has 0 saturated heterocycles. The number of amides is 2. The average molecular weight is 309 g/mol. The zero-order chi connectivity index (χ0) is 15.2. The van der Waals surface area contributed by atoms with Crippen LogP contribution in [0.3, 0.4) is 0 Å². The van der Waals surface area contributed by atoms with Crippen LogP contribution in [0.25, 0.3) is 0 Å². The predicted octanol–water partition coefficient (Wildman–Crippen LogP) is 0.189. The van der Waals surface area contributed by atoms with Gasteiger partial charge in [-0.2, -0.15) is 0 Å². The molecular weight excluding hydrogens is 294 g/mol. The van der Waals surface area contributed by atoms with Crippen molar-refractivity contribution in [1.29, 1.82) is 0 Å². The van der Waals surface area contributed by atoms with Crippen molar-refractivity contribution in [3.63, 3.8) is 0 Å². The lowest BCUT2D eigenvalue weighted by atomic mass is 10.2. The molecule has 1 aromatic carbocycles. The van der Waals surface area contributed by atoms with Gasteiger partial charge in [0.2, 0.25) is 0 Å². The Morgan fingerprint density at radius 2 is 1.90 bits per heavy atom. The van der Waals surface area contributed by atoms with Crippen LogP contribution in [-0.4, -0.2) is 36.6 Å². The van der Waals surface area contributed by atoms with Crippen molar-refractivity contribution < 1.29 is 19.1 Å². The molecule has 0 aliphatic carbocycles. The summed E-state index contributed by atoms with van der Waals surface area (Å²) in [4.78, 5) is 23.3. The summed E-state index contributed by atoms with van der Waals surface area (Å²) in [7, 11) is 0. The van der Waals surface area contributed by atoms with Crippen molar-refractivity contribution in [2.24, 2.45) is 5.73 Å². The first kappa shape index (κ1) is 15.0. The predicted molar refractivity (Wildman–Crippen MR) is 80.5 cm³/mol. The Kier molecular flexibility index (Phi) is 4.94. The zero-order valence-electron chi connectivity index (χ0n) is 11.2. The Labute approximate surface area is 126 Å². The fourth-order valence-electron chi connectivity index (χ4n) is 1.68. The number of thiocarbonyl (C=S) groups is 1. The second kappa shape index (κ2) is 6.89. The third-order valence-corrected chi connectivity index (χ3v) is 2.78. The smallest absolute Gasteiger partial charge is 0.313 e. The van der Waals surface area contributed by atoms with Crippen molar-refractivity contribution in [2.45, 2.75) is 6.42 Å². The van der Waals surface area contributed by atoms with Crippen LogP contribution in [-0.2, 0) is 9.59 Å². The van der Waals surface area contributed by atoms with E-state index >= 15 is 0 Å². The lowest BCUT2D eigenvalue weighted by molar-refractivity contribution is -0.135. The van der Waals surface area contributed by atoms with Crippen molar-refractivity contribution in [3.8, 4) is 11.5 Å². The fraction of sp³-hybridized carbons (Fsp3) is 0.308.